The highest BCUT2D eigenvalue weighted by molar-refractivity contribution is 7.99. The number of hydrogen-bond acceptors (Lipinski definition) is 3. The summed E-state index contributed by atoms with van der Waals surface area (Å²) in [5, 5.41) is 2.76. The number of benzene rings is 1. The molecule has 3 N–H and O–H groups in total. The fourth-order valence-corrected chi connectivity index (χ4v) is 1.80. The highest BCUT2D eigenvalue weighted by atomic mass is 32.2. The average Bonchev–Trinajstić information content (AvgIpc) is 2.18. The minimum Gasteiger partial charge on any atom is -0.325 e. The van der Waals surface area contributed by atoms with Gasteiger partial charge in [-0.1, -0.05) is 13.0 Å². The Morgan fingerprint density at radius 3 is 2.93 bits per heavy atom. The molecule has 0 aliphatic heterocycles. The molecule has 0 saturated heterocycles. The molecule has 0 saturated carbocycles. The van der Waals surface area contributed by atoms with Crippen LogP contribution >= 0.6 is 11.8 Å². The van der Waals surface area contributed by atoms with Crippen molar-refractivity contribution >= 4 is 23.4 Å². The van der Waals surface area contributed by atoms with Crippen LogP contribution in [0.5, 0.6) is 0 Å². The topological polar surface area (TPSA) is 55.1 Å². The quantitative estimate of drug-likeness (QED) is 0.770. The summed E-state index contributed by atoms with van der Waals surface area (Å²) >= 11 is 1.74. The molecule has 1 rings (SSSR count). The summed E-state index contributed by atoms with van der Waals surface area (Å²) in [6, 6.07) is 7.28. The summed E-state index contributed by atoms with van der Waals surface area (Å²) in [7, 11) is 0. The van der Waals surface area contributed by atoms with Gasteiger partial charge in [0.1, 0.15) is 0 Å². The number of thioether (sulfide) groups is 1. The van der Waals surface area contributed by atoms with Crippen LogP contribution in [0, 0.1) is 0 Å². The van der Waals surface area contributed by atoms with E-state index < -0.39 is 6.04 Å². The lowest BCUT2D eigenvalue weighted by Crippen LogP contribution is -2.32. The number of carbonyl (C=O) groups excluding carboxylic acids is 1. The van der Waals surface area contributed by atoms with Gasteiger partial charge in [-0.05, 0) is 30.9 Å². The van der Waals surface area contributed by atoms with E-state index in [4.69, 9.17) is 5.73 Å². The third-order valence-corrected chi connectivity index (χ3v) is 2.70. The van der Waals surface area contributed by atoms with Crippen LogP contribution in [0.25, 0.3) is 0 Å². The highest BCUT2D eigenvalue weighted by Crippen LogP contribution is 2.21. The molecule has 15 heavy (non-hydrogen) atoms. The molecule has 1 unspecified atom stereocenters. The van der Waals surface area contributed by atoms with Crippen LogP contribution in [0.1, 0.15) is 13.8 Å². The van der Waals surface area contributed by atoms with Gasteiger partial charge in [0.25, 0.3) is 0 Å². The monoisotopic (exact) mass is 224 g/mol. The molecule has 0 radical (unpaired) electrons. The molecule has 0 aromatic heterocycles. The molecule has 1 aromatic rings. The van der Waals surface area contributed by atoms with Crippen LogP contribution in [0.3, 0.4) is 0 Å². The van der Waals surface area contributed by atoms with Crippen molar-refractivity contribution < 1.29 is 4.79 Å². The van der Waals surface area contributed by atoms with Crippen LogP contribution in [0.2, 0.25) is 0 Å². The van der Waals surface area contributed by atoms with Gasteiger partial charge in [0.05, 0.1) is 6.04 Å². The van der Waals surface area contributed by atoms with E-state index in [0.29, 0.717) is 0 Å². The van der Waals surface area contributed by atoms with Gasteiger partial charge < -0.3 is 11.1 Å². The van der Waals surface area contributed by atoms with E-state index in [1.807, 2.05) is 24.3 Å². The zero-order valence-corrected chi connectivity index (χ0v) is 9.80. The summed E-state index contributed by atoms with van der Waals surface area (Å²) in [6.07, 6.45) is 0. The van der Waals surface area contributed by atoms with Crippen molar-refractivity contribution in [2.45, 2.75) is 24.8 Å². The number of amides is 1. The van der Waals surface area contributed by atoms with Crippen molar-refractivity contribution in [2.24, 2.45) is 5.73 Å². The summed E-state index contributed by atoms with van der Waals surface area (Å²) in [4.78, 5) is 12.5. The van der Waals surface area contributed by atoms with Crippen molar-refractivity contribution in [1.29, 1.82) is 0 Å². The Morgan fingerprint density at radius 1 is 1.60 bits per heavy atom. The highest BCUT2D eigenvalue weighted by Gasteiger charge is 2.07. The van der Waals surface area contributed by atoms with Crippen LogP contribution in [0.4, 0.5) is 5.69 Å². The Balaban J connectivity index is 2.69. The first-order chi connectivity index (χ1) is 7.13. The van der Waals surface area contributed by atoms with Gasteiger partial charge in [-0.15, -0.1) is 11.8 Å². The van der Waals surface area contributed by atoms with Gasteiger partial charge >= 0.3 is 0 Å². The summed E-state index contributed by atoms with van der Waals surface area (Å²) in [6.45, 7) is 3.76. The third-order valence-electron chi connectivity index (χ3n) is 1.83. The van der Waals surface area contributed by atoms with Crippen molar-refractivity contribution in [2.75, 3.05) is 11.1 Å². The number of anilines is 1. The predicted octanol–water partition coefficient (Wildman–Crippen LogP) is 2.08. The maximum Gasteiger partial charge on any atom is 0.240 e. The van der Waals surface area contributed by atoms with Crippen LogP contribution in [-0.2, 0) is 4.79 Å². The standard InChI is InChI=1S/C11H16N2OS/c1-3-15-10-6-4-5-9(7-10)13-11(14)8(2)12/h4-8H,3,12H2,1-2H3,(H,13,14). The van der Waals surface area contributed by atoms with E-state index in [0.717, 1.165) is 16.3 Å². The molecule has 4 heteroatoms. The summed E-state index contributed by atoms with van der Waals surface area (Å²) < 4.78 is 0. The van der Waals surface area contributed by atoms with Crippen LogP contribution in [0.15, 0.2) is 29.2 Å². The number of nitrogens with two attached hydrogens (primary N) is 1. The zero-order valence-electron chi connectivity index (χ0n) is 8.99. The van der Waals surface area contributed by atoms with E-state index in [9.17, 15) is 4.79 Å². The van der Waals surface area contributed by atoms with Gasteiger partial charge in [-0.25, -0.2) is 0 Å². The third kappa shape index (κ3) is 3.93. The molecule has 3 nitrogen and oxygen atoms in total. The molecule has 0 aliphatic rings. The molecule has 1 amide bonds. The van der Waals surface area contributed by atoms with Gasteiger partial charge in [0.15, 0.2) is 0 Å². The fourth-order valence-electron chi connectivity index (χ4n) is 1.09. The molecule has 82 valence electrons. The second-order valence-electron chi connectivity index (χ2n) is 3.24. The Labute approximate surface area is 94.4 Å². The van der Waals surface area contributed by atoms with Crippen molar-refractivity contribution in [3.63, 3.8) is 0 Å². The second-order valence-corrected chi connectivity index (χ2v) is 4.58. The van der Waals surface area contributed by atoms with E-state index in [1.165, 1.54) is 0 Å². The van der Waals surface area contributed by atoms with Gasteiger partial charge in [-0.3, -0.25) is 4.79 Å². The van der Waals surface area contributed by atoms with E-state index in [1.54, 1.807) is 18.7 Å². The Hall–Kier alpha value is -1.00. The maximum atomic E-state index is 11.3. The lowest BCUT2D eigenvalue weighted by molar-refractivity contribution is -0.117. The number of nitrogens with one attached hydrogen (secondary N) is 1. The second kappa shape index (κ2) is 5.78. The molecule has 0 bridgehead atoms. The van der Waals surface area contributed by atoms with Gasteiger partial charge in [-0.2, -0.15) is 0 Å². The normalized spacial score (nSPS) is 12.2. The number of carbonyl (C=O) groups is 1. The molecular weight excluding hydrogens is 208 g/mol. The first-order valence-corrected chi connectivity index (χ1v) is 5.91. The minimum atomic E-state index is -0.479. The van der Waals surface area contributed by atoms with Gasteiger partial charge in [0, 0.05) is 10.6 Å². The Bertz CT molecular complexity index is 339. The fraction of sp³-hybridized carbons (Fsp3) is 0.364. The molecular formula is C11H16N2OS. The largest absolute Gasteiger partial charge is 0.325 e. The maximum absolute atomic E-state index is 11.3. The first kappa shape index (κ1) is 12.1. The smallest absolute Gasteiger partial charge is 0.240 e. The molecule has 1 atom stereocenters. The van der Waals surface area contributed by atoms with Crippen molar-refractivity contribution in [3.05, 3.63) is 24.3 Å². The molecule has 0 spiro atoms. The zero-order chi connectivity index (χ0) is 11.3. The summed E-state index contributed by atoms with van der Waals surface area (Å²) in [5.74, 6) is 0.860. The number of hydrogen-bond donors (Lipinski definition) is 2. The van der Waals surface area contributed by atoms with Gasteiger partial charge in [0.2, 0.25) is 5.91 Å². The average molecular weight is 224 g/mol. The molecule has 0 fully saturated rings. The lowest BCUT2D eigenvalue weighted by atomic mass is 10.3. The SMILES string of the molecule is CCSc1cccc(NC(=O)C(C)N)c1. The van der Waals surface area contributed by atoms with Crippen molar-refractivity contribution in [1.82, 2.24) is 0 Å². The predicted molar refractivity (Wildman–Crippen MR) is 65.1 cm³/mol. The molecule has 0 heterocycles. The van der Waals surface area contributed by atoms with Crippen LogP contribution in [-0.4, -0.2) is 17.7 Å². The number of rotatable bonds is 4. The van der Waals surface area contributed by atoms with Crippen LogP contribution < -0.4 is 11.1 Å². The Kier molecular flexibility index (Phi) is 4.65. The first-order valence-electron chi connectivity index (χ1n) is 4.92. The van der Waals surface area contributed by atoms with E-state index in [-0.39, 0.29) is 5.91 Å². The van der Waals surface area contributed by atoms with Crippen molar-refractivity contribution in [3.8, 4) is 0 Å². The minimum absolute atomic E-state index is 0.159. The lowest BCUT2D eigenvalue weighted by Gasteiger charge is -2.08. The summed E-state index contributed by atoms with van der Waals surface area (Å²) in [5.41, 5.74) is 6.26. The van der Waals surface area contributed by atoms with E-state index >= 15 is 0 Å². The van der Waals surface area contributed by atoms with E-state index in [2.05, 4.69) is 12.2 Å². The Morgan fingerprint density at radius 2 is 2.33 bits per heavy atom. The molecule has 1 aromatic carbocycles. The molecule has 0 aliphatic carbocycles.